The summed E-state index contributed by atoms with van der Waals surface area (Å²) in [6, 6.07) is 14.6. The molecular weight excluding hydrogens is 366 g/mol. The number of methoxy groups -OCH3 is 1. The molecule has 0 unspecified atom stereocenters. The van der Waals surface area contributed by atoms with Crippen molar-refractivity contribution in [2.45, 2.75) is 13.3 Å². The Bertz CT molecular complexity index is 925. The molecule has 0 aliphatic carbocycles. The minimum absolute atomic E-state index is 0.169. The van der Waals surface area contributed by atoms with Crippen LogP contribution in [0.3, 0.4) is 0 Å². The summed E-state index contributed by atoms with van der Waals surface area (Å²) in [6.45, 7) is 2.55. The Kier molecular flexibility index (Phi) is 5.98. The Morgan fingerprint density at radius 3 is 2.67 bits per heavy atom. The van der Waals surface area contributed by atoms with Gasteiger partial charge in [0, 0.05) is 5.02 Å². The number of amides is 1. The number of anilines is 1. The normalized spacial score (nSPS) is 10.5. The molecule has 7 heteroatoms. The molecule has 1 N–H and O–H groups in total. The van der Waals surface area contributed by atoms with Crippen LogP contribution in [0.5, 0.6) is 11.5 Å². The topological polar surface area (TPSA) is 65.4 Å². The number of rotatable bonds is 7. The van der Waals surface area contributed by atoms with Gasteiger partial charge in [0.1, 0.15) is 5.75 Å². The van der Waals surface area contributed by atoms with Gasteiger partial charge in [-0.15, -0.1) is 0 Å². The van der Waals surface area contributed by atoms with E-state index in [1.807, 2.05) is 37.3 Å². The lowest BCUT2D eigenvalue weighted by molar-refractivity contribution is 0.101. The predicted molar refractivity (Wildman–Crippen MR) is 105 cm³/mol. The molecule has 0 aliphatic rings. The second-order valence-corrected chi connectivity index (χ2v) is 6.21. The van der Waals surface area contributed by atoms with Crippen molar-refractivity contribution in [1.29, 1.82) is 0 Å². The number of benzene rings is 2. The molecular formula is C20H20ClN3O3. The van der Waals surface area contributed by atoms with E-state index in [2.05, 4.69) is 10.4 Å². The van der Waals surface area contributed by atoms with Crippen LogP contribution in [0.25, 0.3) is 5.69 Å². The third-order valence-electron chi connectivity index (χ3n) is 3.79. The van der Waals surface area contributed by atoms with E-state index in [0.717, 1.165) is 12.1 Å². The lowest BCUT2D eigenvalue weighted by Crippen LogP contribution is -2.15. The maximum Gasteiger partial charge on any atom is 0.280 e. The van der Waals surface area contributed by atoms with Crippen LogP contribution in [0, 0.1) is 0 Å². The number of halogens is 1. The van der Waals surface area contributed by atoms with Crippen LogP contribution in [0.2, 0.25) is 5.02 Å². The smallest absolute Gasteiger partial charge is 0.280 e. The summed E-state index contributed by atoms with van der Waals surface area (Å²) in [5, 5.41) is 7.68. The number of ether oxygens (including phenoxy) is 2. The Balaban J connectivity index is 1.89. The number of nitrogens with zero attached hydrogens (tertiary/aromatic N) is 2. The van der Waals surface area contributed by atoms with Crippen molar-refractivity contribution in [1.82, 2.24) is 9.78 Å². The molecule has 0 saturated carbocycles. The first-order valence-electron chi connectivity index (χ1n) is 8.55. The van der Waals surface area contributed by atoms with E-state index in [1.54, 1.807) is 29.1 Å². The zero-order valence-corrected chi connectivity index (χ0v) is 15.9. The molecule has 0 radical (unpaired) electrons. The molecule has 140 valence electrons. The van der Waals surface area contributed by atoms with Crippen molar-refractivity contribution < 1.29 is 14.3 Å². The molecule has 0 aliphatic heterocycles. The number of hydrogen-bond acceptors (Lipinski definition) is 4. The Hall–Kier alpha value is -2.99. The summed E-state index contributed by atoms with van der Waals surface area (Å²) in [5.74, 6) is 0.510. The van der Waals surface area contributed by atoms with Gasteiger partial charge in [0.05, 0.1) is 31.3 Å². The Morgan fingerprint density at radius 2 is 1.96 bits per heavy atom. The van der Waals surface area contributed by atoms with E-state index in [1.165, 1.54) is 7.11 Å². The molecule has 27 heavy (non-hydrogen) atoms. The van der Waals surface area contributed by atoms with Crippen LogP contribution in [0.4, 0.5) is 5.69 Å². The number of para-hydroxylation sites is 1. The van der Waals surface area contributed by atoms with E-state index in [4.69, 9.17) is 21.1 Å². The van der Waals surface area contributed by atoms with Gasteiger partial charge in [-0.25, -0.2) is 4.68 Å². The number of aromatic nitrogens is 2. The third-order valence-corrected chi connectivity index (χ3v) is 4.02. The van der Waals surface area contributed by atoms with Gasteiger partial charge < -0.3 is 14.8 Å². The largest absolute Gasteiger partial charge is 0.493 e. The van der Waals surface area contributed by atoms with E-state index >= 15 is 0 Å². The summed E-state index contributed by atoms with van der Waals surface area (Å²) in [6.07, 6.45) is 2.52. The molecule has 0 atom stereocenters. The zero-order chi connectivity index (χ0) is 19.2. The Morgan fingerprint density at radius 1 is 1.19 bits per heavy atom. The van der Waals surface area contributed by atoms with Crippen molar-refractivity contribution in [2.75, 3.05) is 19.0 Å². The molecule has 1 aromatic heterocycles. The maximum absolute atomic E-state index is 12.8. The van der Waals surface area contributed by atoms with Crippen LogP contribution in [-0.2, 0) is 0 Å². The fraction of sp³-hybridized carbons (Fsp3) is 0.200. The van der Waals surface area contributed by atoms with Gasteiger partial charge in [-0.05, 0) is 36.8 Å². The van der Waals surface area contributed by atoms with Gasteiger partial charge in [-0.1, -0.05) is 36.7 Å². The first-order chi connectivity index (χ1) is 13.1. The number of carbonyl (C=O) groups excluding carboxylic acids is 1. The highest BCUT2D eigenvalue weighted by Gasteiger charge is 2.20. The molecule has 3 rings (SSSR count). The number of carbonyl (C=O) groups is 1. The van der Waals surface area contributed by atoms with E-state index < -0.39 is 5.91 Å². The van der Waals surface area contributed by atoms with Gasteiger partial charge in [-0.3, -0.25) is 4.79 Å². The molecule has 1 amide bonds. The summed E-state index contributed by atoms with van der Waals surface area (Å²) >= 11 is 6.07. The van der Waals surface area contributed by atoms with Crippen LogP contribution >= 0.6 is 11.6 Å². The Labute approximate surface area is 162 Å². The van der Waals surface area contributed by atoms with Gasteiger partial charge in [0.2, 0.25) is 0 Å². The first-order valence-corrected chi connectivity index (χ1v) is 8.93. The summed E-state index contributed by atoms with van der Waals surface area (Å²) in [7, 11) is 1.50. The van der Waals surface area contributed by atoms with Gasteiger partial charge in [0.25, 0.3) is 5.91 Å². The number of hydrogen-bond donors (Lipinski definition) is 1. The van der Waals surface area contributed by atoms with Crippen molar-refractivity contribution in [3.63, 3.8) is 0 Å². The maximum atomic E-state index is 12.8. The quantitative estimate of drug-likeness (QED) is 0.646. The van der Waals surface area contributed by atoms with Gasteiger partial charge >= 0.3 is 0 Å². The second-order valence-electron chi connectivity index (χ2n) is 5.77. The van der Waals surface area contributed by atoms with Crippen LogP contribution in [0.1, 0.15) is 23.8 Å². The molecule has 0 bridgehead atoms. The van der Waals surface area contributed by atoms with E-state index in [9.17, 15) is 4.79 Å². The second kappa shape index (κ2) is 8.60. The number of nitrogens with one attached hydrogen (secondary N) is 1. The van der Waals surface area contributed by atoms with Crippen molar-refractivity contribution in [3.8, 4) is 17.2 Å². The molecule has 3 aromatic rings. The molecule has 0 fully saturated rings. The zero-order valence-electron chi connectivity index (χ0n) is 15.1. The third kappa shape index (κ3) is 4.41. The molecule has 0 saturated heterocycles. The highest BCUT2D eigenvalue weighted by atomic mass is 35.5. The monoisotopic (exact) mass is 385 g/mol. The fourth-order valence-electron chi connectivity index (χ4n) is 2.50. The highest BCUT2D eigenvalue weighted by Crippen LogP contribution is 2.29. The van der Waals surface area contributed by atoms with Gasteiger partial charge in [0.15, 0.2) is 11.4 Å². The first kappa shape index (κ1) is 18.8. The minimum atomic E-state index is -0.412. The van der Waals surface area contributed by atoms with Gasteiger partial charge in [-0.2, -0.15) is 5.10 Å². The predicted octanol–water partition coefficient (Wildman–Crippen LogP) is 4.58. The van der Waals surface area contributed by atoms with Crippen molar-refractivity contribution in [2.24, 2.45) is 0 Å². The minimum Gasteiger partial charge on any atom is -0.493 e. The molecule has 6 nitrogen and oxygen atoms in total. The SMILES string of the molecule is CCCOc1ccc(Cl)cc1NC(=O)c1nn(-c2ccccc2)cc1OC. The van der Waals surface area contributed by atoms with E-state index in [0.29, 0.717) is 28.8 Å². The summed E-state index contributed by atoms with van der Waals surface area (Å²) in [5.41, 5.74) is 1.48. The lowest BCUT2D eigenvalue weighted by Gasteiger charge is -2.12. The molecule has 1 heterocycles. The lowest BCUT2D eigenvalue weighted by atomic mass is 10.2. The summed E-state index contributed by atoms with van der Waals surface area (Å²) in [4.78, 5) is 12.8. The standard InChI is InChI=1S/C20H20ClN3O3/c1-3-11-27-17-10-9-14(21)12-16(17)22-20(25)19-18(26-2)13-24(23-19)15-7-5-4-6-8-15/h4-10,12-13H,3,11H2,1-2H3,(H,22,25). The van der Waals surface area contributed by atoms with Crippen molar-refractivity contribution in [3.05, 3.63) is 65.4 Å². The fourth-order valence-corrected chi connectivity index (χ4v) is 2.67. The molecule has 2 aromatic carbocycles. The highest BCUT2D eigenvalue weighted by molar-refractivity contribution is 6.31. The van der Waals surface area contributed by atoms with E-state index in [-0.39, 0.29) is 5.69 Å². The van der Waals surface area contributed by atoms with Crippen LogP contribution < -0.4 is 14.8 Å². The average molecular weight is 386 g/mol. The van der Waals surface area contributed by atoms with Crippen LogP contribution in [-0.4, -0.2) is 29.4 Å². The molecule has 0 spiro atoms. The summed E-state index contributed by atoms with van der Waals surface area (Å²) < 4.78 is 12.6. The van der Waals surface area contributed by atoms with Crippen LogP contribution in [0.15, 0.2) is 54.7 Å². The average Bonchev–Trinajstić information content (AvgIpc) is 3.13. The van der Waals surface area contributed by atoms with Crippen molar-refractivity contribution >= 4 is 23.2 Å².